The minimum Gasteiger partial charge on any atom is -0.331 e. The van der Waals surface area contributed by atoms with Crippen LogP contribution in [0.1, 0.15) is 11.6 Å². The van der Waals surface area contributed by atoms with E-state index in [0.29, 0.717) is 23.9 Å². The molecule has 1 aliphatic rings. The molecule has 27 heavy (non-hydrogen) atoms. The van der Waals surface area contributed by atoms with Gasteiger partial charge < -0.3 is 10.2 Å². The Bertz CT molecular complexity index is 929. The number of nitrogens with one attached hydrogen (secondary N) is 1. The van der Waals surface area contributed by atoms with E-state index in [4.69, 9.17) is 11.6 Å². The molecule has 1 aliphatic heterocycles. The van der Waals surface area contributed by atoms with E-state index in [9.17, 15) is 4.79 Å². The van der Waals surface area contributed by atoms with Crippen molar-refractivity contribution >= 4 is 17.5 Å². The third-order valence-corrected chi connectivity index (χ3v) is 4.79. The Balaban J connectivity index is 1.50. The number of carbonyl (C=O) groups is 1. The number of carbonyl (C=O) groups excluding carboxylic acids is 1. The molecule has 4 rings (SSSR count). The molecule has 7 nitrogen and oxygen atoms in total. The summed E-state index contributed by atoms with van der Waals surface area (Å²) in [4.78, 5) is 16.1. The Hall–Kier alpha value is -2.77. The van der Waals surface area contributed by atoms with Gasteiger partial charge in [-0.1, -0.05) is 54.1 Å². The highest BCUT2D eigenvalue weighted by Crippen LogP contribution is 2.25. The van der Waals surface area contributed by atoms with E-state index in [1.54, 1.807) is 0 Å². The summed E-state index contributed by atoms with van der Waals surface area (Å²) in [6.45, 7) is 2.11. The number of benzene rings is 2. The van der Waals surface area contributed by atoms with Gasteiger partial charge in [0.25, 0.3) is 0 Å². The molecule has 0 spiro atoms. The van der Waals surface area contributed by atoms with Gasteiger partial charge in [-0.25, -0.2) is 0 Å². The van der Waals surface area contributed by atoms with Gasteiger partial charge >= 0.3 is 0 Å². The van der Waals surface area contributed by atoms with Crippen molar-refractivity contribution in [2.24, 2.45) is 0 Å². The molecule has 0 saturated carbocycles. The summed E-state index contributed by atoms with van der Waals surface area (Å²) in [7, 11) is 0. The van der Waals surface area contributed by atoms with Crippen molar-refractivity contribution in [2.75, 3.05) is 19.6 Å². The zero-order valence-electron chi connectivity index (χ0n) is 14.6. The quantitative estimate of drug-likeness (QED) is 0.748. The SMILES string of the molecule is O=C(Cn1nnc(-c2ccccc2)n1)N1CCNCC1c1cccc(Cl)c1. The van der Waals surface area contributed by atoms with Crippen molar-refractivity contribution in [3.05, 3.63) is 65.2 Å². The van der Waals surface area contributed by atoms with E-state index >= 15 is 0 Å². The molecule has 1 unspecified atom stereocenters. The fraction of sp³-hybridized carbons (Fsp3) is 0.263. The first-order chi connectivity index (χ1) is 13.2. The molecule has 138 valence electrons. The topological polar surface area (TPSA) is 75.9 Å². The highest BCUT2D eigenvalue weighted by atomic mass is 35.5. The van der Waals surface area contributed by atoms with Gasteiger partial charge in [-0.3, -0.25) is 4.79 Å². The molecule has 1 amide bonds. The van der Waals surface area contributed by atoms with Gasteiger partial charge in [0.2, 0.25) is 11.7 Å². The highest BCUT2D eigenvalue weighted by Gasteiger charge is 2.28. The van der Waals surface area contributed by atoms with Gasteiger partial charge in [0.1, 0.15) is 6.54 Å². The summed E-state index contributed by atoms with van der Waals surface area (Å²) in [5.41, 5.74) is 1.88. The first-order valence-electron chi connectivity index (χ1n) is 8.79. The first-order valence-corrected chi connectivity index (χ1v) is 9.17. The molecule has 3 aromatic rings. The van der Waals surface area contributed by atoms with Crippen LogP contribution in [0.15, 0.2) is 54.6 Å². The third kappa shape index (κ3) is 3.99. The lowest BCUT2D eigenvalue weighted by atomic mass is 10.0. The number of hydrogen-bond acceptors (Lipinski definition) is 5. The van der Waals surface area contributed by atoms with Gasteiger partial charge in [0.15, 0.2) is 0 Å². The number of hydrogen-bond donors (Lipinski definition) is 1. The first kappa shape index (κ1) is 17.6. The van der Waals surface area contributed by atoms with Crippen LogP contribution in [0, 0.1) is 0 Å². The fourth-order valence-electron chi connectivity index (χ4n) is 3.24. The predicted octanol–water partition coefficient (Wildman–Crippen LogP) is 2.17. The van der Waals surface area contributed by atoms with Crippen molar-refractivity contribution in [1.29, 1.82) is 0 Å². The maximum Gasteiger partial charge on any atom is 0.246 e. The van der Waals surface area contributed by atoms with Crippen LogP contribution in [0.2, 0.25) is 5.02 Å². The Labute approximate surface area is 161 Å². The fourth-order valence-corrected chi connectivity index (χ4v) is 3.44. The lowest BCUT2D eigenvalue weighted by molar-refractivity contribution is -0.135. The van der Waals surface area contributed by atoms with Crippen LogP contribution >= 0.6 is 11.6 Å². The van der Waals surface area contributed by atoms with E-state index < -0.39 is 0 Å². The second-order valence-corrected chi connectivity index (χ2v) is 6.81. The number of tetrazole rings is 1. The number of rotatable bonds is 4. The second-order valence-electron chi connectivity index (χ2n) is 6.37. The normalized spacial score (nSPS) is 17.1. The van der Waals surface area contributed by atoms with Gasteiger partial charge in [-0.05, 0) is 22.9 Å². The summed E-state index contributed by atoms with van der Waals surface area (Å²) in [6, 6.07) is 17.1. The number of nitrogens with zero attached hydrogens (tertiary/aromatic N) is 5. The summed E-state index contributed by atoms with van der Waals surface area (Å²) >= 11 is 6.13. The van der Waals surface area contributed by atoms with Crippen molar-refractivity contribution in [3.8, 4) is 11.4 Å². The van der Waals surface area contributed by atoms with E-state index in [2.05, 4.69) is 20.7 Å². The van der Waals surface area contributed by atoms with Crippen LogP contribution < -0.4 is 5.32 Å². The largest absolute Gasteiger partial charge is 0.331 e. The number of halogens is 1. The summed E-state index contributed by atoms with van der Waals surface area (Å²) in [5, 5.41) is 16.4. The lowest BCUT2D eigenvalue weighted by Crippen LogP contribution is -2.49. The summed E-state index contributed by atoms with van der Waals surface area (Å²) in [6.07, 6.45) is 0. The van der Waals surface area contributed by atoms with E-state index in [1.807, 2.05) is 59.5 Å². The van der Waals surface area contributed by atoms with Gasteiger partial charge in [-0.15, -0.1) is 10.2 Å². The Morgan fingerprint density at radius 2 is 2.04 bits per heavy atom. The predicted molar refractivity (Wildman–Crippen MR) is 102 cm³/mol. The number of aromatic nitrogens is 4. The van der Waals surface area contributed by atoms with Crippen LogP contribution in [-0.4, -0.2) is 50.6 Å². The van der Waals surface area contributed by atoms with E-state index in [-0.39, 0.29) is 18.5 Å². The highest BCUT2D eigenvalue weighted by molar-refractivity contribution is 6.30. The van der Waals surface area contributed by atoms with Gasteiger partial charge in [0, 0.05) is 30.2 Å². The van der Waals surface area contributed by atoms with E-state index in [0.717, 1.165) is 17.7 Å². The van der Waals surface area contributed by atoms with Crippen molar-refractivity contribution in [3.63, 3.8) is 0 Å². The van der Waals surface area contributed by atoms with Crippen LogP contribution in [-0.2, 0) is 11.3 Å². The molecule has 0 bridgehead atoms. The molecule has 1 N–H and O–H groups in total. The van der Waals surface area contributed by atoms with Crippen LogP contribution in [0.5, 0.6) is 0 Å². The maximum absolute atomic E-state index is 12.9. The van der Waals surface area contributed by atoms with Crippen LogP contribution in [0.25, 0.3) is 11.4 Å². The minimum atomic E-state index is -0.0675. The molecule has 0 radical (unpaired) electrons. The smallest absolute Gasteiger partial charge is 0.246 e. The molecule has 1 aromatic heterocycles. The molecular weight excluding hydrogens is 364 g/mol. The summed E-state index contributed by atoms with van der Waals surface area (Å²) in [5.74, 6) is 0.466. The molecule has 1 saturated heterocycles. The summed E-state index contributed by atoms with van der Waals surface area (Å²) < 4.78 is 0. The maximum atomic E-state index is 12.9. The monoisotopic (exact) mass is 382 g/mol. The Morgan fingerprint density at radius 1 is 1.19 bits per heavy atom. The molecule has 2 heterocycles. The zero-order valence-corrected chi connectivity index (χ0v) is 15.4. The number of amides is 1. The van der Waals surface area contributed by atoms with Crippen molar-refractivity contribution in [1.82, 2.24) is 30.4 Å². The van der Waals surface area contributed by atoms with Crippen LogP contribution in [0.4, 0.5) is 0 Å². The second kappa shape index (κ2) is 7.85. The molecular formula is C19H19ClN6O. The van der Waals surface area contributed by atoms with Crippen LogP contribution in [0.3, 0.4) is 0 Å². The standard InChI is InChI=1S/C19H19ClN6O/c20-16-8-4-7-15(11-16)17-12-21-9-10-25(17)18(27)13-26-23-19(22-24-26)14-5-2-1-3-6-14/h1-8,11,17,21H,9-10,12-13H2. The third-order valence-electron chi connectivity index (χ3n) is 4.56. The minimum absolute atomic E-state index is 0.0431. The van der Waals surface area contributed by atoms with Crippen molar-refractivity contribution in [2.45, 2.75) is 12.6 Å². The van der Waals surface area contributed by atoms with E-state index in [1.165, 1.54) is 4.80 Å². The Kier molecular flexibility index (Phi) is 5.13. The molecule has 0 aliphatic carbocycles. The lowest BCUT2D eigenvalue weighted by Gasteiger charge is -2.36. The Morgan fingerprint density at radius 3 is 2.85 bits per heavy atom. The molecule has 1 atom stereocenters. The number of piperazine rings is 1. The molecule has 2 aromatic carbocycles. The average molecular weight is 383 g/mol. The van der Waals surface area contributed by atoms with Crippen molar-refractivity contribution < 1.29 is 4.79 Å². The molecule has 1 fully saturated rings. The van der Waals surface area contributed by atoms with Gasteiger partial charge in [0.05, 0.1) is 6.04 Å². The zero-order chi connectivity index (χ0) is 18.6. The van der Waals surface area contributed by atoms with Gasteiger partial charge in [-0.2, -0.15) is 4.80 Å². The average Bonchev–Trinajstić information content (AvgIpc) is 3.17. The molecule has 8 heteroatoms.